The Hall–Kier alpha value is -2.15. The summed E-state index contributed by atoms with van der Waals surface area (Å²) in [6.07, 6.45) is 0.455. The van der Waals surface area contributed by atoms with Gasteiger partial charge in [0.25, 0.3) is 5.91 Å². The molecule has 2 aromatic rings. The summed E-state index contributed by atoms with van der Waals surface area (Å²) in [6, 6.07) is 5.74. The molecule has 0 bridgehead atoms. The first kappa shape index (κ1) is 13.8. The van der Waals surface area contributed by atoms with E-state index in [0.717, 1.165) is 16.3 Å². The molecule has 7 heteroatoms. The molecule has 0 unspecified atom stereocenters. The number of carbonyl (C=O) groups is 1. The van der Waals surface area contributed by atoms with Crippen molar-refractivity contribution in [1.29, 1.82) is 0 Å². The molecule has 0 saturated heterocycles. The average molecular weight is 304 g/mol. The van der Waals surface area contributed by atoms with Crippen LogP contribution in [0.2, 0.25) is 0 Å². The lowest BCUT2D eigenvalue weighted by atomic mass is 9.98. The molecule has 1 aliphatic rings. The first-order chi connectivity index (χ1) is 9.98. The van der Waals surface area contributed by atoms with Crippen LogP contribution in [0, 0.1) is 6.92 Å². The van der Waals surface area contributed by atoms with Crippen LogP contribution in [0.15, 0.2) is 28.7 Å². The van der Waals surface area contributed by atoms with Crippen molar-refractivity contribution >= 4 is 28.8 Å². The van der Waals surface area contributed by atoms with Gasteiger partial charge in [-0.1, -0.05) is 11.2 Å². The molecule has 2 aromatic heterocycles. The van der Waals surface area contributed by atoms with Crippen molar-refractivity contribution in [2.75, 3.05) is 5.32 Å². The van der Waals surface area contributed by atoms with E-state index in [4.69, 9.17) is 4.84 Å². The van der Waals surface area contributed by atoms with Gasteiger partial charge in [0.15, 0.2) is 0 Å². The van der Waals surface area contributed by atoms with Crippen LogP contribution in [-0.4, -0.2) is 27.0 Å². The Morgan fingerprint density at radius 2 is 2.38 bits per heavy atom. The third kappa shape index (κ3) is 2.56. The number of hydrogen-bond donors (Lipinski definition) is 1. The van der Waals surface area contributed by atoms with Crippen molar-refractivity contribution in [1.82, 2.24) is 9.78 Å². The minimum absolute atomic E-state index is 0.221. The van der Waals surface area contributed by atoms with Crippen LogP contribution in [0.3, 0.4) is 0 Å². The number of carbonyl (C=O) groups excluding carboxylic acids is 1. The Morgan fingerprint density at radius 3 is 3.00 bits per heavy atom. The van der Waals surface area contributed by atoms with Gasteiger partial charge in [-0.25, -0.2) is 0 Å². The Kier molecular flexibility index (Phi) is 3.29. The van der Waals surface area contributed by atoms with Crippen molar-refractivity contribution in [2.45, 2.75) is 25.9 Å². The first-order valence-corrected chi connectivity index (χ1v) is 7.47. The molecular formula is C14H16N4O2S. The number of aryl methyl sites for hydroxylation is 2. The summed E-state index contributed by atoms with van der Waals surface area (Å²) in [5, 5.41) is 13.1. The number of nitrogens with zero attached hydrogens (tertiary/aromatic N) is 3. The van der Waals surface area contributed by atoms with Crippen LogP contribution in [0.25, 0.3) is 0 Å². The van der Waals surface area contributed by atoms with Gasteiger partial charge >= 0.3 is 0 Å². The summed E-state index contributed by atoms with van der Waals surface area (Å²) in [4.78, 5) is 18.9. The van der Waals surface area contributed by atoms with Crippen LogP contribution in [-0.2, 0) is 16.7 Å². The van der Waals surface area contributed by atoms with Crippen LogP contribution in [0.5, 0.6) is 0 Å². The van der Waals surface area contributed by atoms with Crippen LogP contribution < -0.4 is 5.32 Å². The minimum atomic E-state index is -0.989. The maximum Gasteiger partial charge on any atom is 0.272 e. The van der Waals surface area contributed by atoms with Crippen molar-refractivity contribution in [2.24, 2.45) is 12.2 Å². The SMILES string of the molecule is Cc1cc(NC(=O)[C@@]2(C)CC(c3cccs3)=NO2)n(C)n1. The van der Waals surface area contributed by atoms with E-state index in [2.05, 4.69) is 15.6 Å². The van der Waals surface area contributed by atoms with Gasteiger partial charge in [-0.2, -0.15) is 5.10 Å². The lowest BCUT2D eigenvalue weighted by Crippen LogP contribution is -2.40. The maximum atomic E-state index is 12.5. The lowest BCUT2D eigenvalue weighted by molar-refractivity contribution is -0.136. The number of nitrogens with one attached hydrogen (secondary N) is 1. The molecule has 3 rings (SSSR count). The van der Waals surface area contributed by atoms with Gasteiger partial charge in [0.1, 0.15) is 11.5 Å². The topological polar surface area (TPSA) is 68.5 Å². The van der Waals surface area contributed by atoms with Gasteiger partial charge in [0, 0.05) is 19.5 Å². The third-order valence-corrected chi connectivity index (χ3v) is 4.31. The van der Waals surface area contributed by atoms with E-state index in [-0.39, 0.29) is 5.91 Å². The highest BCUT2D eigenvalue weighted by molar-refractivity contribution is 7.12. The zero-order valence-electron chi connectivity index (χ0n) is 12.1. The summed E-state index contributed by atoms with van der Waals surface area (Å²) in [7, 11) is 1.79. The highest BCUT2D eigenvalue weighted by Gasteiger charge is 2.42. The van der Waals surface area contributed by atoms with Gasteiger partial charge in [0.2, 0.25) is 5.60 Å². The highest BCUT2D eigenvalue weighted by atomic mass is 32.1. The fourth-order valence-electron chi connectivity index (χ4n) is 2.21. The minimum Gasteiger partial charge on any atom is -0.379 e. The molecule has 0 spiro atoms. The second-order valence-corrected chi connectivity index (χ2v) is 6.21. The van der Waals surface area contributed by atoms with E-state index in [0.29, 0.717) is 12.2 Å². The smallest absolute Gasteiger partial charge is 0.272 e. The molecule has 0 radical (unpaired) electrons. The van der Waals surface area contributed by atoms with Crippen LogP contribution in [0.1, 0.15) is 23.9 Å². The van der Waals surface area contributed by atoms with Crippen molar-refractivity contribution in [3.63, 3.8) is 0 Å². The van der Waals surface area contributed by atoms with Crippen LogP contribution in [0.4, 0.5) is 5.82 Å². The normalized spacial score (nSPS) is 21.0. The number of hydrogen-bond acceptors (Lipinski definition) is 5. The molecule has 1 atom stereocenters. The van der Waals surface area contributed by atoms with E-state index in [1.807, 2.05) is 30.5 Å². The molecule has 21 heavy (non-hydrogen) atoms. The van der Waals surface area contributed by atoms with E-state index in [1.165, 1.54) is 0 Å². The Balaban J connectivity index is 1.72. The fraction of sp³-hybridized carbons (Fsp3) is 0.357. The van der Waals surface area contributed by atoms with E-state index in [1.54, 1.807) is 30.0 Å². The summed E-state index contributed by atoms with van der Waals surface area (Å²) < 4.78 is 1.63. The summed E-state index contributed by atoms with van der Waals surface area (Å²) >= 11 is 1.59. The van der Waals surface area contributed by atoms with Crippen molar-refractivity contribution in [3.8, 4) is 0 Å². The van der Waals surface area contributed by atoms with Gasteiger partial charge in [0.05, 0.1) is 10.6 Å². The summed E-state index contributed by atoms with van der Waals surface area (Å²) in [5.41, 5.74) is 0.668. The monoisotopic (exact) mass is 304 g/mol. The number of aromatic nitrogens is 2. The van der Waals surface area contributed by atoms with E-state index in [9.17, 15) is 4.79 Å². The second kappa shape index (κ2) is 5.00. The largest absolute Gasteiger partial charge is 0.379 e. The molecule has 6 nitrogen and oxygen atoms in total. The van der Waals surface area contributed by atoms with Crippen molar-refractivity contribution in [3.05, 3.63) is 34.2 Å². The standard InChI is InChI=1S/C14H16N4O2S/c1-9-7-12(18(3)16-9)15-13(19)14(2)8-10(17-20-14)11-5-4-6-21-11/h4-7H,8H2,1-3H3,(H,15,19)/t14-/m1/s1. The van der Waals surface area contributed by atoms with Gasteiger partial charge in [-0.3, -0.25) is 9.48 Å². The third-order valence-electron chi connectivity index (χ3n) is 3.39. The zero-order valence-corrected chi connectivity index (χ0v) is 12.9. The molecular weight excluding hydrogens is 288 g/mol. The Labute approximate surface area is 126 Å². The van der Waals surface area contributed by atoms with Crippen LogP contribution >= 0.6 is 11.3 Å². The second-order valence-electron chi connectivity index (χ2n) is 5.26. The first-order valence-electron chi connectivity index (χ1n) is 6.59. The van der Waals surface area contributed by atoms with E-state index >= 15 is 0 Å². The maximum absolute atomic E-state index is 12.5. The van der Waals surface area contributed by atoms with Gasteiger partial charge in [-0.15, -0.1) is 11.3 Å². The quantitative estimate of drug-likeness (QED) is 0.946. The number of anilines is 1. The summed E-state index contributed by atoms with van der Waals surface area (Å²) in [5.74, 6) is 0.424. The highest BCUT2D eigenvalue weighted by Crippen LogP contribution is 2.29. The molecule has 1 aliphatic heterocycles. The fourth-order valence-corrected chi connectivity index (χ4v) is 2.92. The average Bonchev–Trinajstić information content (AvgIpc) is 3.12. The van der Waals surface area contributed by atoms with Gasteiger partial charge in [-0.05, 0) is 25.3 Å². The molecule has 0 saturated carbocycles. The van der Waals surface area contributed by atoms with Crippen molar-refractivity contribution < 1.29 is 9.63 Å². The number of amides is 1. The lowest BCUT2D eigenvalue weighted by Gasteiger charge is -2.20. The zero-order chi connectivity index (χ0) is 15.0. The molecule has 0 aromatic carbocycles. The predicted molar refractivity (Wildman–Crippen MR) is 81.5 cm³/mol. The molecule has 0 aliphatic carbocycles. The Bertz CT molecular complexity index is 705. The number of rotatable bonds is 3. The molecule has 3 heterocycles. The Morgan fingerprint density at radius 1 is 1.57 bits per heavy atom. The molecule has 0 fully saturated rings. The predicted octanol–water partition coefficient (Wildman–Crippen LogP) is 2.31. The summed E-state index contributed by atoms with van der Waals surface area (Å²) in [6.45, 7) is 3.62. The number of oxime groups is 1. The number of thiophene rings is 1. The van der Waals surface area contributed by atoms with Gasteiger partial charge < -0.3 is 10.2 Å². The molecule has 110 valence electrons. The van der Waals surface area contributed by atoms with E-state index < -0.39 is 5.60 Å². The molecule has 1 N–H and O–H groups in total. The molecule has 1 amide bonds.